The molecular weight excluding hydrogens is 284 g/mol. The second-order valence-electron chi connectivity index (χ2n) is 8.16. The summed E-state index contributed by atoms with van der Waals surface area (Å²) < 4.78 is 0. The molecule has 126 valence electrons. The molecule has 3 nitrogen and oxygen atoms in total. The maximum atomic E-state index is 12.7. The third-order valence-electron chi connectivity index (χ3n) is 5.49. The van der Waals surface area contributed by atoms with E-state index in [-0.39, 0.29) is 11.3 Å². The van der Waals surface area contributed by atoms with Gasteiger partial charge in [0.2, 0.25) is 0 Å². The Morgan fingerprint density at radius 2 is 1.74 bits per heavy atom. The van der Waals surface area contributed by atoms with Gasteiger partial charge in [-0.05, 0) is 61.3 Å². The van der Waals surface area contributed by atoms with Crippen molar-refractivity contribution < 1.29 is 4.79 Å². The van der Waals surface area contributed by atoms with Crippen molar-refractivity contribution in [2.75, 3.05) is 19.6 Å². The average molecular weight is 314 g/mol. The summed E-state index contributed by atoms with van der Waals surface area (Å²) in [5.41, 5.74) is 2.24. The Balaban J connectivity index is 1.58. The molecule has 0 radical (unpaired) electrons. The molecule has 2 fully saturated rings. The molecule has 1 aromatic rings. The molecule has 2 saturated heterocycles. The predicted molar refractivity (Wildman–Crippen MR) is 94.8 cm³/mol. The monoisotopic (exact) mass is 314 g/mol. The fourth-order valence-electron chi connectivity index (χ4n) is 3.91. The van der Waals surface area contributed by atoms with Gasteiger partial charge >= 0.3 is 0 Å². The summed E-state index contributed by atoms with van der Waals surface area (Å²) >= 11 is 0. The highest BCUT2D eigenvalue weighted by molar-refractivity contribution is 5.94. The quantitative estimate of drug-likeness (QED) is 0.905. The summed E-state index contributed by atoms with van der Waals surface area (Å²) in [6.45, 7) is 9.58. The van der Waals surface area contributed by atoms with Crippen LogP contribution in [0.1, 0.15) is 62.4 Å². The number of nitrogens with zero attached hydrogens (tertiary/aromatic N) is 1. The van der Waals surface area contributed by atoms with E-state index in [0.29, 0.717) is 6.04 Å². The van der Waals surface area contributed by atoms with E-state index < -0.39 is 0 Å². The van der Waals surface area contributed by atoms with E-state index in [2.05, 4.69) is 38.2 Å². The minimum Gasteiger partial charge on any atom is -0.339 e. The molecule has 3 heteroatoms. The van der Waals surface area contributed by atoms with E-state index in [1.54, 1.807) is 0 Å². The second kappa shape index (κ2) is 6.64. The molecule has 0 spiro atoms. The van der Waals surface area contributed by atoms with Crippen molar-refractivity contribution in [3.8, 4) is 0 Å². The topological polar surface area (TPSA) is 32.3 Å². The number of piperidine rings is 1. The first-order valence-corrected chi connectivity index (χ1v) is 9.08. The Morgan fingerprint density at radius 3 is 2.26 bits per heavy atom. The van der Waals surface area contributed by atoms with Gasteiger partial charge in [-0.3, -0.25) is 4.79 Å². The number of rotatable bonds is 2. The Labute approximate surface area is 140 Å². The van der Waals surface area contributed by atoms with Crippen LogP contribution in [-0.2, 0) is 5.41 Å². The predicted octanol–water partition coefficient (Wildman–Crippen LogP) is 3.59. The molecule has 23 heavy (non-hydrogen) atoms. The minimum atomic E-state index is 0.133. The lowest BCUT2D eigenvalue weighted by molar-refractivity contribution is 0.0674. The molecule has 0 bridgehead atoms. The number of benzene rings is 1. The van der Waals surface area contributed by atoms with Crippen molar-refractivity contribution in [3.05, 3.63) is 35.4 Å². The number of hydrogen-bond donors (Lipinski definition) is 1. The molecule has 2 heterocycles. The van der Waals surface area contributed by atoms with Crippen LogP contribution in [0.2, 0.25) is 0 Å². The molecule has 0 saturated carbocycles. The van der Waals surface area contributed by atoms with Gasteiger partial charge in [0.1, 0.15) is 0 Å². The molecular formula is C20H30N2O. The first kappa shape index (κ1) is 16.5. The minimum absolute atomic E-state index is 0.133. The van der Waals surface area contributed by atoms with Gasteiger partial charge in [-0.25, -0.2) is 0 Å². The van der Waals surface area contributed by atoms with Crippen molar-refractivity contribution in [2.24, 2.45) is 5.92 Å². The number of nitrogens with one attached hydrogen (secondary N) is 1. The van der Waals surface area contributed by atoms with Crippen LogP contribution in [0.15, 0.2) is 24.3 Å². The molecule has 2 aliphatic rings. The molecule has 2 aliphatic heterocycles. The third-order valence-corrected chi connectivity index (χ3v) is 5.49. The van der Waals surface area contributed by atoms with Crippen LogP contribution in [0.5, 0.6) is 0 Å². The summed E-state index contributed by atoms with van der Waals surface area (Å²) in [7, 11) is 0. The van der Waals surface area contributed by atoms with Crippen LogP contribution < -0.4 is 5.32 Å². The summed E-state index contributed by atoms with van der Waals surface area (Å²) in [6, 6.07) is 8.88. The molecule has 0 aromatic heterocycles. The van der Waals surface area contributed by atoms with E-state index in [9.17, 15) is 4.79 Å². The van der Waals surface area contributed by atoms with Gasteiger partial charge in [0.25, 0.3) is 5.91 Å². The Kier molecular flexibility index (Phi) is 4.77. The molecule has 1 amide bonds. The van der Waals surface area contributed by atoms with Gasteiger partial charge in [-0.1, -0.05) is 32.9 Å². The van der Waals surface area contributed by atoms with E-state index in [1.165, 1.54) is 24.9 Å². The van der Waals surface area contributed by atoms with Gasteiger partial charge in [0.15, 0.2) is 0 Å². The van der Waals surface area contributed by atoms with E-state index in [4.69, 9.17) is 0 Å². The highest BCUT2D eigenvalue weighted by Crippen LogP contribution is 2.27. The van der Waals surface area contributed by atoms with Gasteiger partial charge in [0.05, 0.1) is 0 Å². The molecule has 1 aromatic carbocycles. The maximum absolute atomic E-state index is 12.7. The molecule has 1 unspecified atom stereocenters. The second-order valence-corrected chi connectivity index (χ2v) is 8.16. The van der Waals surface area contributed by atoms with Crippen molar-refractivity contribution in [1.29, 1.82) is 0 Å². The smallest absolute Gasteiger partial charge is 0.253 e. The number of likely N-dealkylation sites (tertiary alicyclic amines) is 1. The van der Waals surface area contributed by atoms with Crippen LogP contribution in [0, 0.1) is 5.92 Å². The highest BCUT2D eigenvalue weighted by atomic mass is 16.2. The first-order valence-electron chi connectivity index (χ1n) is 9.08. The fourth-order valence-corrected chi connectivity index (χ4v) is 3.91. The van der Waals surface area contributed by atoms with Crippen LogP contribution in [0.4, 0.5) is 0 Å². The largest absolute Gasteiger partial charge is 0.339 e. The Morgan fingerprint density at radius 1 is 1.09 bits per heavy atom. The number of carbonyl (C=O) groups is 1. The maximum Gasteiger partial charge on any atom is 0.253 e. The van der Waals surface area contributed by atoms with Gasteiger partial charge < -0.3 is 10.2 Å². The van der Waals surface area contributed by atoms with E-state index >= 15 is 0 Å². The zero-order chi connectivity index (χ0) is 16.4. The molecule has 1 atom stereocenters. The Bertz CT molecular complexity index is 530. The third kappa shape index (κ3) is 3.77. The van der Waals surface area contributed by atoms with Crippen molar-refractivity contribution >= 4 is 5.91 Å². The van der Waals surface area contributed by atoms with Crippen LogP contribution in [0.25, 0.3) is 0 Å². The lowest BCUT2D eigenvalue weighted by Crippen LogP contribution is -2.43. The number of amides is 1. The number of hydrogen-bond acceptors (Lipinski definition) is 2. The lowest BCUT2D eigenvalue weighted by Gasteiger charge is -2.35. The first-order chi connectivity index (χ1) is 10.9. The van der Waals surface area contributed by atoms with Crippen LogP contribution in [0.3, 0.4) is 0 Å². The lowest BCUT2D eigenvalue weighted by atomic mass is 9.86. The van der Waals surface area contributed by atoms with Crippen LogP contribution in [-0.4, -0.2) is 36.5 Å². The average Bonchev–Trinajstić information content (AvgIpc) is 3.08. The molecule has 1 N–H and O–H groups in total. The zero-order valence-corrected chi connectivity index (χ0v) is 14.8. The van der Waals surface area contributed by atoms with Crippen molar-refractivity contribution in [2.45, 2.75) is 57.9 Å². The Hall–Kier alpha value is -1.35. The van der Waals surface area contributed by atoms with E-state index in [0.717, 1.165) is 37.4 Å². The summed E-state index contributed by atoms with van der Waals surface area (Å²) in [6.07, 6.45) is 4.91. The highest BCUT2D eigenvalue weighted by Gasteiger charge is 2.30. The van der Waals surface area contributed by atoms with Gasteiger partial charge in [-0.2, -0.15) is 0 Å². The molecule has 0 aliphatic carbocycles. The SMILES string of the molecule is CC(C)(C)c1ccc(C(=O)N2CCC(C3CCCN3)CC2)cc1. The fraction of sp³-hybridized carbons (Fsp3) is 0.650. The molecule has 3 rings (SSSR count). The summed E-state index contributed by atoms with van der Waals surface area (Å²) in [4.78, 5) is 14.7. The van der Waals surface area contributed by atoms with Gasteiger partial charge in [-0.15, -0.1) is 0 Å². The normalized spacial score (nSPS) is 23.3. The number of carbonyl (C=O) groups excluding carboxylic acids is 1. The van der Waals surface area contributed by atoms with Crippen LogP contribution >= 0.6 is 0 Å². The van der Waals surface area contributed by atoms with Crippen molar-refractivity contribution in [3.63, 3.8) is 0 Å². The summed E-state index contributed by atoms with van der Waals surface area (Å²) in [5.74, 6) is 0.952. The standard InChI is InChI=1S/C20H30N2O/c1-20(2,3)17-8-6-16(7-9-17)19(23)22-13-10-15(11-14-22)18-5-4-12-21-18/h6-9,15,18,21H,4-5,10-14H2,1-3H3. The van der Waals surface area contributed by atoms with Gasteiger partial charge in [0, 0.05) is 24.7 Å². The zero-order valence-electron chi connectivity index (χ0n) is 14.8. The summed E-state index contributed by atoms with van der Waals surface area (Å²) in [5, 5.41) is 3.62. The van der Waals surface area contributed by atoms with E-state index in [1.807, 2.05) is 17.0 Å². The van der Waals surface area contributed by atoms with Crippen molar-refractivity contribution in [1.82, 2.24) is 10.2 Å².